The first-order valence-corrected chi connectivity index (χ1v) is 6.55. The maximum absolute atomic E-state index is 3.49. The van der Waals surface area contributed by atoms with Gasteiger partial charge in [-0.05, 0) is 46.7 Å². The van der Waals surface area contributed by atoms with Gasteiger partial charge in [-0.2, -0.15) is 0 Å². The zero-order valence-corrected chi connectivity index (χ0v) is 11.5. The number of hydrogen-bond donors (Lipinski definition) is 1. The molecule has 0 aromatic heterocycles. The highest BCUT2D eigenvalue weighted by molar-refractivity contribution is 4.75. The Bertz CT molecular complexity index is 147. The maximum atomic E-state index is 3.49. The Labute approximate surface area is 96.4 Å². The van der Waals surface area contributed by atoms with Gasteiger partial charge in [0.2, 0.25) is 0 Å². The minimum Gasteiger partial charge on any atom is -0.314 e. The zero-order valence-electron chi connectivity index (χ0n) is 11.5. The van der Waals surface area contributed by atoms with Crippen molar-refractivity contribution >= 4 is 0 Å². The standard InChI is InChI=1S/C13H30N2/c1-7-12(5)15(9-3)13(6)10-11(4)14-8-2/h11-14H,7-10H2,1-6H3. The van der Waals surface area contributed by atoms with E-state index >= 15 is 0 Å². The first kappa shape index (κ1) is 14.9. The third kappa shape index (κ3) is 5.53. The molecular formula is C13H30N2. The Kier molecular flexibility index (Phi) is 8.07. The van der Waals surface area contributed by atoms with Crippen LogP contribution in [-0.2, 0) is 0 Å². The van der Waals surface area contributed by atoms with Crippen LogP contribution in [0.4, 0.5) is 0 Å². The van der Waals surface area contributed by atoms with Gasteiger partial charge >= 0.3 is 0 Å². The topological polar surface area (TPSA) is 15.3 Å². The molecule has 0 aromatic carbocycles. The van der Waals surface area contributed by atoms with Gasteiger partial charge in [-0.1, -0.05) is 20.8 Å². The molecule has 0 amide bonds. The van der Waals surface area contributed by atoms with Crippen LogP contribution in [0.5, 0.6) is 0 Å². The van der Waals surface area contributed by atoms with E-state index in [1.807, 2.05) is 0 Å². The van der Waals surface area contributed by atoms with E-state index in [2.05, 4.69) is 51.8 Å². The summed E-state index contributed by atoms with van der Waals surface area (Å²) in [6.45, 7) is 15.9. The van der Waals surface area contributed by atoms with Crippen molar-refractivity contribution in [3.63, 3.8) is 0 Å². The Balaban J connectivity index is 4.08. The smallest absolute Gasteiger partial charge is 0.00843 e. The summed E-state index contributed by atoms with van der Waals surface area (Å²) in [5, 5.41) is 3.49. The van der Waals surface area contributed by atoms with Gasteiger partial charge < -0.3 is 5.32 Å². The van der Waals surface area contributed by atoms with Gasteiger partial charge in [0.15, 0.2) is 0 Å². The number of nitrogens with zero attached hydrogens (tertiary/aromatic N) is 1. The van der Waals surface area contributed by atoms with Crippen molar-refractivity contribution in [1.29, 1.82) is 0 Å². The lowest BCUT2D eigenvalue weighted by Crippen LogP contribution is -2.43. The van der Waals surface area contributed by atoms with Gasteiger partial charge in [0.25, 0.3) is 0 Å². The molecule has 0 aliphatic rings. The number of rotatable bonds is 8. The summed E-state index contributed by atoms with van der Waals surface area (Å²) in [6, 6.07) is 2.01. The van der Waals surface area contributed by atoms with Crippen molar-refractivity contribution < 1.29 is 0 Å². The lowest BCUT2D eigenvalue weighted by atomic mass is 10.1. The molecule has 15 heavy (non-hydrogen) atoms. The van der Waals surface area contributed by atoms with Crippen molar-refractivity contribution in [3.05, 3.63) is 0 Å². The van der Waals surface area contributed by atoms with E-state index in [0.717, 1.165) is 13.1 Å². The molecule has 0 bridgehead atoms. The second kappa shape index (κ2) is 8.12. The quantitative estimate of drug-likeness (QED) is 0.668. The monoisotopic (exact) mass is 214 g/mol. The zero-order chi connectivity index (χ0) is 11.8. The van der Waals surface area contributed by atoms with E-state index in [4.69, 9.17) is 0 Å². The van der Waals surface area contributed by atoms with E-state index in [1.165, 1.54) is 12.8 Å². The summed E-state index contributed by atoms with van der Waals surface area (Å²) >= 11 is 0. The van der Waals surface area contributed by atoms with Crippen LogP contribution in [0.2, 0.25) is 0 Å². The van der Waals surface area contributed by atoms with Crippen LogP contribution in [0.3, 0.4) is 0 Å². The van der Waals surface area contributed by atoms with Crippen molar-refractivity contribution in [3.8, 4) is 0 Å². The average Bonchev–Trinajstić information content (AvgIpc) is 2.18. The summed E-state index contributed by atoms with van der Waals surface area (Å²) in [4.78, 5) is 2.60. The second-order valence-corrected chi connectivity index (χ2v) is 4.63. The molecule has 3 atom stereocenters. The molecule has 0 fully saturated rings. The highest BCUT2D eigenvalue weighted by atomic mass is 15.2. The molecule has 0 rings (SSSR count). The van der Waals surface area contributed by atoms with Crippen molar-refractivity contribution in [1.82, 2.24) is 10.2 Å². The summed E-state index contributed by atoms with van der Waals surface area (Å²) in [6.07, 6.45) is 2.49. The molecule has 0 saturated heterocycles. The van der Waals surface area contributed by atoms with Crippen LogP contribution in [0.15, 0.2) is 0 Å². The fourth-order valence-electron chi connectivity index (χ4n) is 2.37. The van der Waals surface area contributed by atoms with Crippen LogP contribution < -0.4 is 5.32 Å². The van der Waals surface area contributed by atoms with E-state index < -0.39 is 0 Å². The molecule has 1 N–H and O–H groups in total. The first-order chi connectivity index (χ1) is 7.06. The van der Waals surface area contributed by atoms with Crippen LogP contribution in [0.25, 0.3) is 0 Å². The number of nitrogens with one attached hydrogen (secondary N) is 1. The molecule has 0 aromatic rings. The van der Waals surface area contributed by atoms with E-state index in [-0.39, 0.29) is 0 Å². The molecule has 0 radical (unpaired) electrons. The van der Waals surface area contributed by atoms with Gasteiger partial charge in [-0.25, -0.2) is 0 Å². The Morgan fingerprint density at radius 1 is 1.00 bits per heavy atom. The predicted molar refractivity (Wildman–Crippen MR) is 69.4 cm³/mol. The normalized spacial score (nSPS) is 17.8. The fraction of sp³-hybridized carbons (Fsp3) is 1.00. The molecule has 3 unspecified atom stereocenters. The van der Waals surface area contributed by atoms with Gasteiger partial charge in [-0.15, -0.1) is 0 Å². The van der Waals surface area contributed by atoms with E-state index in [1.54, 1.807) is 0 Å². The second-order valence-electron chi connectivity index (χ2n) is 4.63. The lowest BCUT2D eigenvalue weighted by molar-refractivity contribution is 0.144. The Hall–Kier alpha value is -0.0800. The fourth-order valence-corrected chi connectivity index (χ4v) is 2.37. The minimum absolute atomic E-state index is 0.628. The summed E-state index contributed by atoms with van der Waals surface area (Å²) in [7, 11) is 0. The van der Waals surface area contributed by atoms with Gasteiger partial charge in [0.05, 0.1) is 0 Å². The molecular weight excluding hydrogens is 184 g/mol. The molecule has 0 aliphatic heterocycles. The molecule has 0 heterocycles. The molecule has 92 valence electrons. The minimum atomic E-state index is 0.628. The highest BCUT2D eigenvalue weighted by Gasteiger charge is 2.18. The SMILES string of the molecule is CCNC(C)CC(C)N(CC)C(C)CC. The first-order valence-electron chi connectivity index (χ1n) is 6.55. The lowest BCUT2D eigenvalue weighted by Gasteiger charge is -2.34. The van der Waals surface area contributed by atoms with Gasteiger partial charge in [0, 0.05) is 18.1 Å². The summed E-state index contributed by atoms with van der Waals surface area (Å²) in [5.41, 5.74) is 0. The van der Waals surface area contributed by atoms with Gasteiger partial charge in [0.1, 0.15) is 0 Å². The van der Waals surface area contributed by atoms with Crippen molar-refractivity contribution in [2.24, 2.45) is 0 Å². The molecule has 2 nitrogen and oxygen atoms in total. The van der Waals surface area contributed by atoms with Crippen molar-refractivity contribution in [2.75, 3.05) is 13.1 Å². The number of hydrogen-bond acceptors (Lipinski definition) is 2. The Morgan fingerprint density at radius 3 is 2.00 bits per heavy atom. The van der Waals surface area contributed by atoms with Crippen LogP contribution >= 0.6 is 0 Å². The van der Waals surface area contributed by atoms with Crippen LogP contribution in [-0.4, -0.2) is 36.1 Å². The molecule has 0 saturated carbocycles. The molecule has 0 spiro atoms. The third-order valence-electron chi connectivity index (χ3n) is 3.34. The summed E-state index contributed by atoms with van der Waals surface area (Å²) < 4.78 is 0. The van der Waals surface area contributed by atoms with Crippen LogP contribution in [0, 0.1) is 0 Å². The van der Waals surface area contributed by atoms with E-state index in [0.29, 0.717) is 18.1 Å². The van der Waals surface area contributed by atoms with Gasteiger partial charge in [-0.3, -0.25) is 4.90 Å². The Morgan fingerprint density at radius 2 is 1.60 bits per heavy atom. The molecule has 2 heteroatoms. The maximum Gasteiger partial charge on any atom is 0.00843 e. The predicted octanol–water partition coefficient (Wildman–Crippen LogP) is 2.88. The third-order valence-corrected chi connectivity index (χ3v) is 3.34. The summed E-state index contributed by atoms with van der Waals surface area (Å²) in [5.74, 6) is 0. The largest absolute Gasteiger partial charge is 0.314 e. The molecule has 0 aliphatic carbocycles. The van der Waals surface area contributed by atoms with Crippen LogP contribution in [0.1, 0.15) is 54.4 Å². The highest BCUT2D eigenvalue weighted by Crippen LogP contribution is 2.12. The average molecular weight is 214 g/mol. The van der Waals surface area contributed by atoms with E-state index in [9.17, 15) is 0 Å². The van der Waals surface area contributed by atoms with Crippen molar-refractivity contribution in [2.45, 2.75) is 72.5 Å².